The van der Waals surface area contributed by atoms with Crippen molar-refractivity contribution < 1.29 is 9.47 Å². The van der Waals surface area contributed by atoms with E-state index in [1.807, 2.05) is 7.05 Å². The Morgan fingerprint density at radius 2 is 2.07 bits per heavy atom. The molecule has 0 aromatic heterocycles. The van der Waals surface area contributed by atoms with Crippen LogP contribution >= 0.6 is 24.0 Å². The zero-order chi connectivity index (χ0) is 18.8. The summed E-state index contributed by atoms with van der Waals surface area (Å²) < 4.78 is 11.1. The lowest BCUT2D eigenvalue weighted by molar-refractivity contribution is -0.0284. The van der Waals surface area contributed by atoms with Crippen LogP contribution in [-0.4, -0.2) is 101 Å². The molecule has 160 valence electrons. The van der Waals surface area contributed by atoms with Crippen molar-refractivity contribution in [2.24, 2.45) is 10.9 Å². The van der Waals surface area contributed by atoms with Gasteiger partial charge < -0.3 is 20.1 Å². The molecule has 0 spiro atoms. The average Bonchev–Trinajstić information content (AvgIpc) is 3.45. The molecular formula is C19H40IN5O2. The molecule has 1 aliphatic heterocycles. The summed E-state index contributed by atoms with van der Waals surface area (Å²) in [5.41, 5.74) is 0. The molecule has 1 aliphatic carbocycles. The Labute approximate surface area is 182 Å². The number of nitrogens with zero attached hydrogens (tertiary/aromatic N) is 3. The number of morpholine rings is 1. The van der Waals surface area contributed by atoms with E-state index in [4.69, 9.17) is 9.47 Å². The maximum Gasteiger partial charge on any atom is 0.191 e. The molecule has 1 saturated carbocycles. The molecule has 2 N–H and O–H groups in total. The monoisotopic (exact) mass is 497 g/mol. The van der Waals surface area contributed by atoms with Crippen molar-refractivity contribution in [2.45, 2.75) is 38.8 Å². The molecule has 2 rings (SSSR count). The summed E-state index contributed by atoms with van der Waals surface area (Å²) in [7, 11) is 3.59. The van der Waals surface area contributed by atoms with Gasteiger partial charge in [-0.1, -0.05) is 13.8 Å². The molecule has 1 saturated heterocycles. The Bertz CT molecular complexity index is 421. The highest BCUT2D eigenvalue weighted by Crippen LogP contribution is 2.25. The third kappa shape index (κ3) is 10.3. The zero-order valence-electron chi connectivity index (χ0n) is 17.6. The maximum absolute atomic E-state index is 5.90. The van der Waals surface area contributed by atoms with Crippen LogP contribution < -0.4 is 10.6 Å². The fraction of sp³-hybridized carbons (Fsp3) is 0.947. The molecule has 0 aromatic rings. The van der Waals surface area contributed by atoms with Crippen molar-refractivity contribution in [2.75, 3.05) is 73.2 Å². The van der Waals surface area contributed by atoms with Gasteiger partial charge in [-0.15, -0.1) is 24.0 Å². The lowest BCUT2D eigenvalue weighted by Gasteiger charge is -2.34. The number of rotatable bonds is 11. The van der Waals surface area contributed by atoms with Crippen molar-refractivity contribution >= 4 is 29.9 Å². The van der Waals surface area contributed by atoms with Gasteiger partial charge in [0.1, 0.15) is 0 Å². The quantitative estimate of drug-likeness (QED) is 0.255. The molecule has 0 amide bonds. The summed E-state index contributed by atoms with van der Waals surface area (Å²) in [6.07, 6.45) is 2.87. The maximum atomic E-state index is 5.90. The van der Waals surface area contributed by atoms with Crippen LogP contribution in [0.25, 0.3) is 0 Å². The first kappa shape index (κ1) is 24.9. The van der Waals surface area contributed by atoms with Crippen molar-refractivity contribution in [3.05, 3.63) is 0 Å². The van der Waals surface area contributed by atoms with Crippen LogP contribution in [-0.2, 0) is 9.47 Å². The number of guanidine groups is 1. The average molecular weight is 497 g/mol. The first-order valence-electron chi connectivity index (χ1n) is 10.1. The molecule has 8 heteroatoms. The van der Waals surface area contributed by atoms with E-state index in [0.717, 1.165) is 71.0 Å². The second-order valence-corrected chi connectivity index (χ2v) is 7.79. The van der Waals surface area contributed by atoms with Crippen molar-refractivity contribution in [1.82, 2.24) is 20.4 Å². The number of aliphatic imine (C=N–C) groups is 1. The topological polar surface area (TPSA) is 61.4 Å². The molecule has 0 bridgehead atoms. The Morgan fingerprint density at radius 3 is 2.70 bits per heavy atom. The van der Waals surface area contributed by atoms with Gasteiger partial charge >= 0.3 is 0 Å². The molecule has 27 heavy (non-hydrogen) atoms. The first-order chi connectivity index (χ1) is 12.6. The summed E-state index contributed by atoms with van der Waals surface area (Å²) in [5, 5.41) is 6.85. The minimum atomic E-state index is 0. The van der Waals surface area contributed by atoms with E-state index < -0.39 is 0 Å². The summed E-state index contributed by atoms with van der Waals surface area (Å²) in [6, 6.07) is 0.754. The Hall–Kier alpha value is -0.160. The summed E-state index contributed by atoms with van der Waals surface area (Å²) in [6.45, 7) is 13.1. The fourth-order valence-electron chi connectivity index (χ4n) is 3.46. The van der Waals surface area contributed by atoms with Crippen LogP contribution in [0, 0.1) is 5.92 Å². The van der Waals surface area contributed by atoms with Crippen LogP contribution in [0.15, 0.2) is 4.99 Å². The molecule has 1 atom stereocenters. The summed E-state index contributed by atoms with van der Waals surface area (Å²) in [4.78, 5) is 9.35. The minimum absolute atomic E-state index is 0. The second-order valence-electron chi connectivity index (χ2n) is 7.79. The standard InChI is InChI=1S/C19H39N5O2.HI/c1-16(2)14-23-9-12-26-18(15-23)13-22-19(20-3)21-7-8-24(10-11-25-4)17-5-6-17;/h16-18H,5-15H2,1-4H3,(H2,20,21,22);1H. The van der Waals surface area contributed by atoms with E-state index >= 15 is 0 Å². The fourth-order valence-corrected chi connectivity index (χ4v) is 3.46. The second kappa shape index (κ2) is 13.9. The van der Waals surface area contributed by atoms with E-state index in [-0.39, 0.29) is 30.1 Å². The smallest absolute Gasteiger partial charge is 0.191 e. The molecular weight excluding hydrogens is 457 g/mol. The van der Waals surface area contributed by atoms with Crippen molar-refractivity contribution in [3.63, 3.8) is 0 Å². The van der Waals surface area contributed by atoms with Gasteiger partial charge in [0.2, 0.25) is 0 Å². The Balaban J connectivity index is 0.00000364. The van der Waals surface area contributed by atoms with E-state index in [1.54, 1.807) is 7.11 Å². The predicted octanol–water partition coefficient (Wildman–Crippen LogP) is 1.24. The number of nitrogens with one attached hydrogen (secondary N) is 2. The van der Waals surface area contributed by atoms with Crippen molar-refractivity contribution in [1.29, 1.82) is 0 Å². The number of ether oxygens (including phenoxy) is 2. The molecule has 2 aliphatic rings. The van der Waals surface area contributed by atoms with Gasteiger partial charge in [-0.3, -0.25) is 14.8 Å². The van der Waals surface area contributed by atoms with Crippen LogP contribution in [0.1, 0.15) is 26.7 Å². The van der Waals surface area contributed by atoms with E-state index in [0.29, 0.717) is 5.92 Å². The van der Waals surface area contributed by atoms with Crippen LogP contribution in [0.3, 0.4) is 0 Å². The van der Waals surface area contributed by atoms with E-state index in [9.17, 15) is 0 Å². The van der Waals surface area contributed by atoms with E-state index in [1.165, 1.54) is 12.8 Å². The van der Waals surface area contributed by atoms with Gasteiger partial charge in [-0.25, -0.2) is 0 Å². The third-order valence-corrected chi connectivity index (χ3v) is 4.90. The largest absolute Gasteiger partial charge is 0.383 e. The summed E-state index contributed by atoms with van der Waals surface area (Å²) >= 11 is 0. The Kier molecular flexibility index (Phi) is 12.8. The molecule has 1 unspecified atom stereocenters. The zero-order valence-corrected chi connectivity index (χ0v) is 19.9. The minimum Gasteiger partial charge on any atom is -0.383 e. The van der Waals surface area contributed by atoms with Gasteiger partial charge in [-0.05, 0) is 18.8 Å². The van der Waals surface area contributed by atoms with Crippen LogP contribution in [0.5, 0.6) is 0 Å². The van der Waals surface area contributed by atoms with Gasteiger partial charge in [0.25, 0.3) is 0 Å². The van der Waals surface area contributed by atoms with Crippen molar-refractivity contribution in [3.8, 4) is 0 Å². The van der Waals surface area contributed by atoms with E-state index in [2.05, 4.69) is 39.3 Å². The van der Waals surface area contributed by atoms with Crippen LogP contribution in [0.2, 0.25) is 0 Å². The lowest BCUT2D eigenvalue weighted by atomic mass is 10.2. The highest BCUT2D eigenvalue weighted by atomic mass is 127. The third-order valence-electron chi connectivity index (χ3n) is 4.90. The molecule has 1 heterocycles. The lowest BCUT2D eigenvalue weighted by Crippen LogP contribution is -2.50. The molecule has 7 nitrogen and oxygen atoms in total. The normalized spacial score (nSPS) is 21.4. The van der Waals surface area contributed by atoms with Gasteiger partial charge in [-0.2, -0.15) is 0 Å². The van der Waals surface area contributed by atoms with Gasteiger partial charge in [0, 0.05) is 66.0 Å². The highest BCUT2D eigenvalue weighted by Gasteiger charge is 2.28. The first-order valence-corrected chi connectivity index (χ1v) is 10.1. The predicted molar refractivity (Wildman–Crippen MR) is 122 cm³/mol. The van der Waals surface area contributed by atoms with Crippen LogP contribution in [0.4, 0.5) is 0 Å². The number of hydrogen-bond donors (Lipinski definition) is 2. The number of hydrogen-bond acceptors (Lipinski definition) is 5. The molecule has 0 radical (unpaired) electrons. The molecule has 0 aromatic carbocycles. The Morgan fingerprint density at radius 1 is 1.30 bits per heavy atom. The molecule has 2 fully saturated rings. The number of halogens is 1. The highest BCUT2D eigenvalue weighted by molar-refractivity contribution is 14.0. The SMILES string of the molecule is CN=C(NCCN(CCOC)C1CC1)NCC1CN(CC(C)C)CCO1.I. The van der Waals surface area contributed by atoms with Gasteiger partial charge in [0.05, 0.1) is 19.3 Å². The van der Waals surface area contributed by atoms with Gasteiger partial charge in [0.15, 0.2) is 5.96 Å². The number of methoxy groups -OCH3 is 1. The summed E-state index contributed by atoms with van der Waals surface area (Å²) in [5.74, 6) is 1.56.